The number of likely N-dealkylation sites (tertiary alicyclic amines) is 1. The molecule has 2 heteroatoms. The monoisotopic (exact) mass is 231 g/mol. The molecule has 1 saturated carbocycles. The molecule has 1 aliphatic heterocycles. The van der Waals surface area contributed by atoms with Crippen LogP contribution in [-0.4, -0.2) is 28.7 Å². The van der Waals surface area contributed by atoms with Crippen molar-refractivity contribution in [1.29, 1.82) is 0 Å². The van der Waals surface area contributed by atoms with Crippen molar-refractivity contribution in [3.8, 4) is 0 Å². The van der Waals surface area contributed by atoms with E-state index in [0.29, 0.717) is 0 Å². The second-order valence-electron chi connectivity index (χ2n) is 5.70. The van der Waals surface area contributed by atoms with Gasteiger partial charge < -0.3 is 5.11 Å². The smallest absolute Gasteiger partial charge is 0.0690 e. The second-order valence-corrected chi connectivity index (χ2v) is 5.70. The number of benzene rings is 1. The number of rotatable bonds is 4. The van der Waals surface area contributed by atoms with Gasteiger partial charge in [0.05, 0.1) is 5.60 Å². The molecule has 1 heterocycles. The molecule has 92 valence electrons. The van der Waals surface area contributed by atoms with Gasteiger partial charge in [-0.3, -0.25) is 4.90 Å². The van der Waals surface area contributed by atoms with Crippen LogP contribution >= 0.6 is 0 Å². The van der Waals surface area contributed by atoms with Gasteiger partial charge in [-0.05, 0) is 49.9 Å². The Labute approximate surface area is 103 Å². The summed E-state index contributed by atoms with van der Waals surface area (Å²) in [6.45, 7) is 3.59. The van der Waals surface area contributed by atoms with E-state index < -0.39 is 0 Å². The molecule has 0 atom stereocenters. The Morgan fingerprint density at radius 3 is 2.18 bits per heavy atom. The van der Waals surface area contributed by atoms with Crippen LogP contribution in [0.15, 0.2) is 24.3 Å². The third kappa shape index (κ3) is 2.88. The van der Waals surface area contributed by atoms with Gasteiger partial charge in [0.15, 0.2) is 0 Å². The van der Waals surface area contributed by atoms with Crippen LogP contribution in [0.4, 0.5) is 0 Å². The predicted molar refractivity (Wildman–Crippen MR) is 68.8 cm³/mol. The van der Waals surface area contributed by atoms with Crippen LogP contribution in [0, 0.1) is 0 Å². The van der Waals surface area contributed by atoms with Crippen LogP contribution in [-0.2, 0) is 13.0 Å². The highest BCUT2D eigenvalue weighted by Gasteiger charge is 2.39. The van der Waals surface area contributed by atoms with Gasteiger partial charge in [-0.2, -0.15) is 0 Å². The first-order valence-electron chi connectivity index (χ1n) is 6.76. The fourth-order valence-electron chi connectivity index (χ4n) is 2.66. The minimum absolute atomic E-state index is 0.365. The Morgan fingerprint density at radius 2 is 1.59 bits per heavy atom. The van der Waals surface area contributed by atoms with E-state index in [4.69, 9.17) is 0 Å². The average Bonchev–Trinajstić information content (AvgIpc) is 2.84. The highest BCUT2D eigenvalue weighted by molar-refractivity contribution is 5.25. The fourth-order valence-corrected chi connectivity index (χ4v) is 2.66. The number of nitrogens with zero attached hydrogens (tertiary/aromatic N) is 1. The first-order valence-corrected chi connectivity index (χ1v) is 6.76. The van der Waals surface area contributed by atoms with Crippen LogP contribution < -0.4 is 0 Å². The van der Waals surface area contributed by atoms with E-state index in [0.717, 1.165) is 25.8 Å². The van der Waals surface area contributed by atoms with Crippen LogP contribution in [0.25, 0.3) is 0 Å². The van der Waals surface area contributed by atoms with Crippen molar-refractivity contribution < 1.29 is 5.11 Å². The molecular weight excluding hydrogens is 210 g/mol. The van der Waals surface area contributed by atoms with E-state index in [1.165, 1.54) is 37.1 Å². The van der Waals surface area contributed by atoms with Crippen molar-refractivity contribution in [3.63, 3.8) is 0 Å². The summed E-state index contributed by atoms with van der Waals surface area (Å²) >= 11 is 0. The summed E-state index contributed by atoms with van der Waals surface area (Å²) in [6, 6.07) is 8.81. The largest absolute Gasteiger partial charge is 0.390 e. The second kappa shape index (κ2) is 4.43. The highest BCUT2D eigenvalue weighted by Crippen LogP contribution is 2.38. The average molecular weight is 231 g/mol. The molecule has 2 aliphatic rings. The van der Waals surface area contributed by atoms with Gasteiger partial charge in [-0.1, -0.05) is 24.3 Å². The molecule has 0 spiro atoms. The molecule has 0 aromatic heterocycles. The molecule has 1 aromatic rings. The number of hydrogen-bond donors (Lipinski definition) is 1. The maximum atomic E-state index is 9.87. The zero-order valence-electron chi connectivity index (χ0n) is 10.4. The zero-order chi connectivity index (χ0) is 11.7. The molecule has 0 amide bonds. The third-order valence-electron chi connectivity index (χ3n) is 3.99. The van der Waals surface area contributed by atoms with Gasteiger partial charge in [0.25, 0.3) is 0 Å². The molecule has 0 bridgehead atoms. The third-order valence-corrected chi connectivity index (χ3v) is 3.99. The summed E-state index contributed by atoms with van der Waals surface area (Å²) in [7, 11) is 0. The summed E-state index contributed by atoms with van der Waals surface area (Å²) in [4.78, 5) is 2.52. The molecule has 1 saturated heterocycles. The summed E-state index contributed by atoms with van der Waals surface area (Å²) in [5.41, 5.74) is 2.31. The highest BCUT2D eigenvalue weighted by atomic mass is 16.3. The molecule has 0 radical (unpaired) electrons. The van der Waals surface area contributed by atoms with E-state index in [9.17, 15) is 5.11 Å². The van der Waals surface area contributed by atoms with Gasteiger partial charge in [0.2, 0.25) is 0 Å². The maximum Gasteiger partial charge on any atom is 0.0690 e. The summed E-state index contributed by atoms with van der Waals surface area (Å²) in [5.74, 6) is 0. The molecule has 2 nitrogen and oxygen atoms in total. The molecule has 1 N–H and O–H groups in total. The molecule has 17 heavy (non-hydrogen) atoms. The zero-order valence-corrected chi connectivity index (χ0v) is 10.4. The normalized spacial score (nSPS) is 22.9. The van der Waals surface area contributed by atoms with Gasteiger partial charge in [0.1, 0.15) is 0 Å². The molecular formula is C15H21NO. The fraction of sp³-hybridized carbons (Fsp3) is 0.600. The Balaban J connectivity index is 1.59. The van der Waals surface area contributed by atoms with Gasteiger partial charge in [0, 0.05) is 13.0 Å². The van der Waals surface area contributed by atoms with Gasteiger partial charge >= 0.3 is 0 Å². The molecule has 3 rings (SSSR count). The van der Waals surface area contributed by atoms with Crippen molar-refractivity contribution in [1.82, 2.24) is 4.90 Å². The quantitative estimate of drug-likeness (QED) is 0.860. The number of hydrogen-bond acceptors (Lipinski definition) is 2. The van der Waals surface area contributed by atoms with E-state index in [1.807, 2.05) is 0 Å². The summed E-state index contributed by atoms with van der Waals surface area (Å²) < 4.78 is 0. The molecule has 0 unspecified atom stereocenters. The molecule has 1 aromatic carbocycles. The Morgan fingerprint density at radius 1 is 1.00 bits per heavy atom. The standard InChI is InChI=1S/C15H21NO/c17-15(7-8-15)11-13-3-5-14(6-4-13)12-16-9-1-2-10-16/h3-6,17H,1-2,7-12H2. The first kappa shape index (κ1) is 11.2. The first-order chi connectivity index (χ1) is 8.23. The van der Waals surface area contributed by atoms with Crippen LogP contribution in [0.5, 0.6) is 0 Å². The summed E-state index contributed by atoms with van der Waals surface area (Å²) in [5, 5.41) is 9.87. The molecule has 2 fully saturated rings. The van der Waals surface area contributed by atoms with Crippen LogP contribution in [0.1, 0.15) is 36.8 Å². The van der Waals surface area contributed by atoms with Gasteiger partial charge in [-0.25, -0.2) is 0 Å². The van der Waals surface area contributed by atoms with Crippen molar-refractivity contribution >= 4 is 0 Å². The van der Waals surface area contributed by atoms with E-state index >= 15 is 0 Å². The van der Waals surface area contributed by atoms with Crippen LogP contribution in [0.3, 0.4) is 0 Å². The molecule has 1 aliphatic carbocycles. The Bertz CT molecular complexity index is 374. The Hall–Kier alpha value is -0.860. The SMILES string of the molecule is OC1(Cc2ccc(CN3CCCC3)cc2)CC1. The Kier molecular flexibility index (Phi) is 2.93. The van der Waals surface area contributed by atoms with E-state index in [-0.39, 0.29) is 5.60 Å². The lowest BCUT2D eigenvalue weighted by Crippen LogP contribution is -2.18. The van der Waals surface area contributed by atoms with Gasteiger partial charge in [-0.15, -0.1) is 0 Å². The van der Waals surface area contributed by atoms with Crippen molar-refractivity contribution in [2.24, 2.45) is 0 Å². The minimum Gasteiger partial charge on any atom is -0.390 e. The van der Waals surface area contributed by atoms with Crippen molar-refractivity contribution in [3.05, 3.63) is 35.4 Å². The lowest BCUT2D eigenvalue weighted by molar-refractivity contribution is 0.151. The van der Waals surface area contributed by atoms with E-state index in [1.54, 1.807) is 0 Å². The van der Waals surface area contributed by atoms with E-state index in [2.05, 4.69) is 29.2 Å². The maximum absolute atomic E-state index is 9.87. The summed E-state index contributed by atoms with van der Waals surface area (Å²) in [6.07, 6.45) is 5.48. The van der Waals surface area contributed by atoms with Crippen LogP contribution in [0.2, 0.25) is 0 Å². The van der Waals surface area contributed by atoms with Crippen molar-refractivity contribution in [2.45, 2.75) is 44.2 Å². The number of aliphatic hydroxyl groups is 1. The van der Waals surface area contributed by atoms with Crippen molar-refractivity contribution in [2.75, 3.05) is 13.1 Å². The minimum atomic E-state index is -0.365. The predicted octanol–water partition coefficient (Wildman–Crippen LogP) is 2.35. The lowest BCUT2D eigenvalue weighted by Gasteiger charge is -2.15. The lowest BCUT2D eigenvalue weighted by atomic mass is 10.0. The topological polar surface area (TPSA) is 23.5 Å².